The topological polar surface area (TPSA) is 303 Å². The van der Waals surface area contributed by atoms with Gasteiger partial charge in [-0.05, 0) is 0 Å². The van der Waals surface area contributed by atoms with E-state index in [1.54, 1.807) is 0 Å². The van der Waals surface area contributed by atoms with Crippen LogP contribution in [0.1, 0.15) is 0 Å². The summed E-state index contributed by atoms with van der Waals surface area (Å²) in [5.74, 6) is 0. The van der Waals surface area contributed by atoms with Gasteiger partial charge in [0.2, 0.25) is 0 Å². The van der Waals surface area contributed by atoms with Crippen LogP contribution >= 0.6 is 0 Å². The third-order valence-electron chi connectivity index (χ3n) is 0. The Balaban J connectivity index is -0.000000000602. The number of hydrogen-bond donors (Lipinski definition) is 15. The van der Waals surface area contributed by atoms with E-state index in [9.17, 15) is 0 Å². The van der Waals surface area contributed by atoms with Crippen molar-refractivity contribution in [1.82, 2.24) is 0 Å². The van der Waals surface area contributed by atoms with Gasteiger partial charge >= 0.3 is 1020 Å². The van der Waals surface area contributed by atoms with Crippen LogP contribution in [0.25, 0.3) is 0 Å². The van der Waals surface area contributed by atoms with E-state index in [1.807, 2.05) is 0 Å². The molecule has 0 amide bonds. The molecule has 0 aliphatic heterocycles. The van der Waals surface area contributed by atoms with Crippen molar-refractivity contribution >= 4 is 1020 Å². The first-order valence-electron chi connectivity index (χ1n) is 3.87. The van der Waals surface area contributed by atoms with E-state index in [0.29, 0.717) is 0 Å². The summed E-state index contributed by atoms with van der Waals surface area (Å²) in [5, 5.41) is 108. The van der Waals surface area contributed by atoms with Gasteiger partial charge < -0.3 is 75.4 Å². The summed E-state index contributed by atoms with van der Waals surface area (Å²) in [6.45, 7) is 0. The van der Waals surface area contributed by atoms with Crippen LogP contribution in [0.2, 0.25) is 0 Å². The molecular formula is H67B5Li52O15. The molecule has 0 unspecified atom stereocenters. The fourth-order valence-corrected chi connectivity index (χ4v) is 0. The van der Waals surface area contributed by atoms with Crippen molar-refractivity contribution in [3.63, 3.8) is 0 Å². The molecule has 0 atom stereocenters. The van der Waals surface area contributed by atoms with Gasteiger partial charge in [-0.15, -0.1) is 0 Å². The van der Waals surface area contributed by atoms with Crippen molar-refractivity contribution in [3.05, 3.63) is 0 Å². The zero-order valence-corrected chi connectivity index (χ0v) is 9.59. The van der Waals surface area contributed by atoms with Crippen LogP contribution in [0.15, 0.2) is 0 Å². The number of hydrogen-bond acceptors (Lipinski definition) is 15. The van der Waals surface area contributed by atoms with Crippen molar-refractivity contribution in [2.24, 2.45) is 0 Å². The predicted molar refractivity (Wildman–Crippen MR) is 434 cm³/mol. The minimum atomic E-state index is -2.17. The van der Waals surface area contributed by atoms with Crippen molar-refractivity contribution in [1.29, 1.82) is 0 Å². The Hall–Kier alpha value is 30.8. The molecule has 0 rings (SSSR count). The summed E-state index contributed by atoms with van der Waals surface area (Å²) in [5.41, 5.74) is 0. The maximum absolute atomic E-state index is 7.17. The fourth-order valence-electron chi connectivity index (χ4n) is 0. The Bertz CT molecular complexity index is 136. The van der Waals surface area contributed by atoms with E-state index in [0.717, 1.165) is 0 Å². The quantitative estimate of drug-likeness (QED) is 0.103. The average Bonchev–Trinajstić information content (AvgIpc) is 1.94. The average molecular weight is 723 g/mol. The first-order valence-corrected chi connectivity index (χ1v) is 3.87. The van der Waals surface area contributed by atoms with E-state index in [1.165, 1.54) is 0 Å². The molecule has 0 aliphatic carbocycles. The van der Waals surface area contributed by atoms with Crippen LogP contribution in [0.4, 0.5) is 0 Å². The fraction of sp³-hybridized carbons (Fsp3) is 0. The maximum atomic E-state index is 7.17. The van der Waals surface area contributed by atoms with Crippen LogP contribution < -0.4 is 0 Å². The van der Waals surface area contributed by atoms with Gasteiger partial charge in [-0.25, -0.2) is 0 Å². The van der Waals surface area contributed by atoms with Gasteiger partial charge in [0.25, 0.3) is 0 Å². The third-order valence-corrected chi connectivity index (χ3v) is 0. The standard InChI is InChI=1S/5BH3O3.52Li.52H/c5*2-1(3)4;;;;;;;;;;;;;;;;;;;;;;;;;;;;;;;;;;;;;;;;;;;;;;;;;;;;;;;;;;;;;;;;;;;;;;;;;;;;;;;;;;;;;;;;;;;;;;;;;;;;;;;;/h5*2-4H;;;;;;;;;;;;;;;;;;;;;;;;;;;;;;;;;;;;;;;;;;;;;;;;;;;;;;;;;;;;;;;;;;;;;;;;;;;;;;;;;;;;;;;;;;;;;;;;;;;;;;;;. The van der Waals surface area contributed by atoms with Gasteiger partial charge in [0.1, 0.15) is 0 Å². The SMILES string of the molecule is OB(O)O.OB(O)O.OB(O)O.OB(O)O.OB(O)O.[LiH].[LiH].[LiH].[LiH].[LiH].[LiH].[LiH].[LiH].[LiH].[LiH].[LiH].[LiH].[LiH].[LiH].[LiH].[LiH].[LiH].[LiH].[LiH].[LiH].[LiH].[LiH].[LiH].[LiH].[LiH].[LiH].[LiH].[LiH].[LiH].[LiH].[LiH].[LiH].[LiH].[LiH].[LiH].[LiH].[LiH].[LiH].[LiH].[LiH].[LiH].[LiH].[LiH].[LiH].[LiH].[LiH].[LiH].[LiH].[LiH].[LiH].[LiH].[LiH]. The Morgan fingerprint density at radius 1 is 0.0694 bits per heavy atom. The molecule has 0 aliphatic rings. The zero-order valence-electron chi connectivity index (χ0n) is 9.59. The molecule has 0 heterocycles. The van der Waals surface area contributed by atoms with Crippen LogP contribution in [0, 0.1) is 0 Å². The Labute approximate surface area is 1060 Å². The molecule has 224 valence electrons. The molecule has 0 aromatic carbocycles. The van der Waals surface area contributed by atoms with Crippen molar-refractivity contribution in [2.45, 2.75) is 0 Å². The summed E-state index contributed by atoms with van der Waals surface area (Å²) in [7, 11) is -10.8. The summed E-state index contributed by atoms with van der Waals surface area (Å²) in [6, 6.07) is 0. The summed E-state index contributed by atoms with van der Waals surface area (Å²) < 4.78 is 0. The van der Waals surface area contributed by atoms with Crippen molar-refractivity contribution < 1.29 is 75.4 Å². The van der Waals surface area contributed by atoms with Gasteiger partial charge in [-0.1, -0.05) is 0 Å². The van der Waals surface area contributed by atoms with Crippen LogP contribution in [0.3, 0.4) is 0 Å². The second kappa shape index (κ2) is 493. The molecule has 0 aromatic heterocycles. The molecule has 0 aromatic rings. The summed E-state index contributed by atoms with van der Waals surface area (Å²) in [6.07, 6.45) is 0. The van der Waals surface area contributed by atoms with Crippen molar-refractivity contribution in [3.8, 4) is 0 Å². The predicted octanol–water partition coefficient (Wildman–Crippen LogP) is -44.0. The molecule has 0 spiro atoms. The Morgan fingerprint density at radius 3 is 0.0694 bits per heavy atom. The Morgan fingerprint density at radius 2 is 0.0694 bits per heavy atom. The van der Waals surface area contributed by atoms with Crippen LogP contribution in [-0.4, -0.2) is 1090 Å². The minimum absolute atomic E-state index is 0. The molecule has 0 bridgehead atoms. The molecule has 15 N–H and O–H groups in total. The summed E-state index contributed by atoms with van der Waals surface area (Å²) >= 11 is 0. The molecule has 72 heteroatoms. The molecule has 15 nitrogen and oxygen atoms in total. The third kappa shape index (κ3) is 1060. The van der Waals surface area contributed by atoms with E-state index >= 15 is 0 Å². The first kappa shape index (κ1) is 508. The van der Waals surface area contributed by atoms with Gasteiger partial charge in [-0.3, -0.25) is 0 Å². The van der Waals surface area contributed by atoms with Crippen molar-refractivity contribution in [2.75, 3.05) is 0 Å². The monoisotopic (exact) mass is 727 g/mol. The normalized spacial score (nSPS) is 1.88. The molecular weight excluding hydrogens is 655 g/mol. The van der Waals surface area contributed by atoms with Gasteiger partial charge in [0.05, 0.1) is 0 Å². The van der Waals surface area contributed by atoms with Crippen LogP contribution in [-0.2, 0) is 0 Å². The first-order chi connectivity index (χ1) is 8.66. The molecule has 72 heavy (non-hydrogen) atoms. The Kier molecular flexibility index (Phi) is 3480. The molecule has 0 fully saturated rings. The second-order valence-corrected chi connectivity index (χ2v) is 1.73. The number of rotatable bonds is 0. The summed E-state index contributed by atoms with van der Waals surface area (Å²) in [4.78, 5) is 0. The second-order valence-electron chi connectivity index (χ2n) is 1.73. The van der Waals surface area contributed by atoms with Gasteiger partial charge in [-0.2, -0.15) is 0 Å². The molecule has 0 radical (unpaired) electrons. The van der Waals surface area contributed by atoms with Crippen LogP contribution in [0.5, 0.6) is 0 Å². The van der Waals surface area contributed by atoms with E-state index < -0.39 is 36.6 Å². The molecule has 0 saturated heterocycles. The molecule has 0 saturated carbocycles. The van der Waals surface area contributed by atoms with Gasteiger partial charge in [0, 0.05) is 0 Å². The zero-order chi connectivity index (χ0) is 17.9. The van der Waals surface area contributed by atoms with E-state index in [2.05, 4.69) is 0 Å². The van der Waals surface area contributed by atoms with E-state index in [-0.39, 0.29) is 981 Å². The van der Waals surface area contributed by atoms with Gasteiger partial charge in [0.15, 0.2) is 0 Å². The van der Waals surface area contributed by atoms with E-state index in [4.69, 9.17) is 75.4 Å².